The maximum absolute atomic E-state index is 12.6. The van der Waals surface area contributed by atoms with Crippen molar-refractivity contribution in [3.05, 3.63) is 18.2 Å². The normalized spacial score (nSPS) is 18.5. The number of thioether (sulfide) groups is 1. The van der Waals surface area contributed by atoms with Crippen molar-refractivity contribution in [3.63, 3.8) is 0 Å². The Morgan fingerprint density at radius 3 is 2.77 bits per heavy atom. The van der Waals surface area contributed by atoms with Crippen LogP contribution in [0.3, 0.4) is 0 Å². The standard InChI is InChI=1S/C18H24N2O4S2/c21-17-8-10-25-16-7-6-14(12-15(16)20-17)26(23,24)11-9-18(22)19-13-4-2-1-3-5-13/h6-7,12-13H,1-5,8-11H2,(H,19,22)(H,20,21). The summed E-state index contributed by atoms with van der Waals surface area (Å²) in [6.07, 6.45) is 5.74. The highest BCUT2D eigenvalue weighted by atomic mass is 32.2. The van der Waals surface area contributed by atoms with E-state index >= 15 is 0 Å². The van der Waals surface area contributed by atoms with Gasteiger partial charge < -0.3 is 10.6 Å². The van der Waals surface area contributed by atoms with E-state index in [0.717, 1.165) is 30.6 Å². The van der Waals surface area contributed by atoms with Gasteiger partial charge in [-0.3, -0.25) is 9.59 Å². The Morgan fingerprint density at radius 2 is 2.00 bits per heavy atom. The second kappa shape index (κ2) is 8.43. The van der Waals surface area contributed by atoms with Crippen LogP contribution in [0, 0.1) is 0 Å². The van der Waals surface area contributed by atoms with Crippen LogP contribution in [0.25, 0.3) is 0 Å². The van der Waals surface area contributed by atoms with Gasteiger partial charge in [0.25, 0.3) is 0 Å². The van der Waals surface area contributed by atoms with Crippen LogP contribution >= 0.6 is 11.8 Å². The molecule has 26 heavy (non-hydrogen) atoms. The Morgan fingerprint density at radius 1 is 1.23 bits per heavy atom. The van der Waals surface area contributed by atoms with Crippen LogP contribution in [0.2, 0.25) is 0 Å². The van der Waals surface area contributed by atoms with Crippen LogP contribution in [0.1, 0.15) is 44.9 Å². The van der Waals surface area contributed by atoms with Gasteiger partial charge >= 0.3 is 0 Å². The van der Waals surface area contributed by atoms with Gasteiger partial charge in [-0.05, 0) is 31.0 Å². The third kappa shape index (κ3) is 5.01. The molecule has 1 fully saturated rings. The van der Waals surface area contributed by atoms with Gasteiger partial charge in [0.2, 0.25) is 11.8 Å². The maximum Gasteiger partial charge on any atom is 0.225 e. The van der Waals surface area contributed by atoms with Gasteiger partial charge in [0.15, 0.2) is 9.84 Å². The second-order valence-electron chi connectivity index (χ2n) is 6.78. The molecule has 1 saturated carbocycles. The van der Waals surface area contributed by atoms with E-state index < -0.39 is 9.84 Å². The van der Waals surface area contributed by atoms with Gasteiger partial charge in [-0.25, -0.2) is 8.42 Å². The molecular weight excluding hydrogens is 372 g/mol. The molecule has 0 spiro atoms. The number of hydrogen-bond donors (Lipinski definition) is 2. The summed E-state index contributed by atoms with van der Waals surface area (Å²) in [5.41, 5.74) is 0.533. The lowest BCUT2D eigenvalue weighted by Gasteiger charge is -2.22. The molecule has 2 N–H and O–H groups in total. The third-order valence-electron chi connectivity index (χ3n) is 4.74. The van der Waals surface area contributed by atoms with Gasteiger partial charge in [0.05, 0.1) is 16.3 Å². The van der Waals surface area contributed by atoms with Crippen molar-refractivity contribution in [2.24, 2.45) is 0 Å². The van der Waals surface area contributed by atoms with E-state index in [-0.39, 0.29) is 34.9 Å². The number of rotatable bonds is 5. The van der Waals surface area contributed by atoms with Crippen LogP contribution in [0.15, 0.2) is 28.0 Å². The van der Waals surface area contributed by atoms with Crippen molar-refractivity contribution >= 4 is 39.1 Å². The van der Waals surface area contributed by atoms with Crippen LogP contribution < -0.4 is 10.6 Å². The molecule has 1 aromatic carbocycles. The number of benzene rings is 1. The fourth-order valence-corrected chi connectivity index (χ4v) is 5.48. The van der Waals surface area contributed by atoms with Crippen LogP contribution in [-0.4, -0.2) is 37.8 Å². The number of fused-ring (bicyclic) bond motifs is 1. The van der Waals surface area contributed by atoms with E-state index in [2.05, 4.69) is 10.6 Å². The Labute approximate surface area is 158 Å². The zero-order chi connectivity index (χ0) is 18.6. The third-order valence-corrected chi connectivity index (χ3v) is 7.53. The van der Waals surface area contributed by atoms with Gasteiger partial charge in [0, 0.05) is 29.5 Å². The number of nitrogens with one attached hydrogen (secondary N) is 2. The predicted molar refractivity (Wildman–Crippen MR) is 102 cm³/mol. The largest absolute Gasteiger partial charge is 0.353 e. The molecule has 1 heterocycles. The Balaban J connectivity index is 1.62. The molecule has 0 radical (unpaired) electrons. The summed E-state index contributed by atoms with van der Waals surface area (Å²) in [4.78, 5) is 24.8. The van der Waals surface area contributed by atoms with E-state index in [0.29, 0.717) is 17.9 Å². The van der Waals surface area contributed by atoms with E-state index in [1.165, 1.54) is 24.2 Å². The Hall–Kier alpha value is -1.54. The lowest BCUT2D eigenvalue weighted by Crippen LogP contribution is -2.36. The number of hydrogen-bond acceptors (Lipinski definition) is 5. The fraction of sp³-hybridized carbons (Fsp3) is 0.556. The van der Waals surface area contributed by atoms with Crippen molar-refractivity contribution in [1.82, 2.24) is 5.32 Å². The topological polar surface area (TPSA) is 92.3 Å². The van der Waals surface area contributed by atoms with Gasteiger partial charge in [-0.2, -0.15) is 0 Å². The monoisotopic (exact) mass is 396 g/mol. The molecule has 0 atom stereocenters. The van der Waals surface area contributed by atoms with Crippen molar-refractivity contribution in [2.75, 3.05) is 16.8 Å². The molecule has 2 aliphatic rings. The lowest BCUT2D eigenvalue weighted by atomic mass is 9.95. The van der Waals surface area contributed by atoms with E-state index in [4.69, 9.17) is 0 Å². The molecule has 0 bridgehead atoms. The molecule has 0 saturated heterocycles. The number of sulfone groups is 1. The summed E-state index contributed by atoms with van der Waals surface area (Å²) in [6, 6.07) is 4.96. The first-order valence-electron chi connectivity index (χ1n) is 9.03. The minimum atomic E-state index is -3.58. The summed E-state index contributed by atoms with van der Waals surface area (Å²) in [6.45, 7) is 0. The fourth-order valence-electron chi connectivity index (χ4n) is 3.28. The minimum absolute atomic E-state index is 0.0446. The summed E-state index contributed by atoms with van der Waals surface area (Å²) >= 11 is 1.53. The average molecular weight is 397 g/mol. The Kier molecular flexibility index (Phi) is 6.24. The first-order valence-corrected chi connectivity index (χ1v) is 11.7. The van der Waals surface area contributed by atoms with Crippen molar-refractivity contribution < 1.29 is 18.0 Å². The molecule has 1 aromatic rings. The lowest BCUT2D eigenvalue weighted by molar-refractivity contribution is -0.121. The Bertz CT molecular complexity index is 786. The smallest absolute Gasteiger partial charge is 0.225 e. The van der Waals surface area contributed by atoms with Crippen LogP contribution in [0.5, 0.6) is 0 Å². The highest BCUT2D eigenvalue weighted by Gasteiger charge is 2.22. The van der Waals surface area contributed by atoms with E-state index in [9.17, 15) is 18.0 Å². The number of anilines is 1. The molecule has 1 aliphatic carbocycles. The zero-order valence-electron chi connectivity index (χ0n) is 14.6. The summed E-state index contributed by atoms with van der Waals surface area (Å²) < 4.78 is 25.2. The molecule has 6 nitrogen and oxygen atoms in total. The minimum Gasteiger partial charge on any atom is -0.353 e. The molecule has 8 heteroatoms. The second-order valence-corrected chi connectivity index (χ2v) is 10.0. The van der Waals surface area contributed by atoms with Gasteiger partial charge in [0.1, 0.15) is 0 Å². The SMILES string of the molecule is O=C1CCSc2ccc(S(=O)(=O)CCC(=O)NC3CCCCC3)cc2N1. The molecule has 0 unspecified atom stereocenters. The molecular formula is C18H24N2O4S2. The highest BCUT2D eigenvalue weighted by molar-refractivity contribution is 7.99. The summed E-state index contributed by atoms with van der Waals surface area (Å²) in [5.74, 6) is 0.120. The van der Waals surface area contributed by atoms with Gasteiger partial charge in [-0.1, -0.05) is 19.3 Å². The summed E-state index contributed by atoms with van der Waals surface area (Å²) in [5, 5.41) is 5.69. The van der Waals surface area contributed by atoms with Crippen LogP contribution in [-0.2, 0) is 19.4 Å². The van der Waals surface area contributed by atoms with Crippen molar-refractivity contribution in [2.45, 2.75) is 60.8 Å². The quantitative estimate of drug-likeness (QED) is 0.798. The molecule has 2 amide bonds. The maximum atomic E-state index is 12.6. The van der Waals surface area contributed by atoms with Gasteiger partial charge in [-0.15, -0.1) is 11.8 Å². The molecule has 3 rings (SSSR count). The van der Waals surface area contributed by atoms with Crippen molar-refractivity contribution in [1.29, 1.82) is 0 Å². The predicted octanol–water partition coefficient (Wildman–Crippen LogP) is 2.73. The highest BCUT2D eigenvalue weighted by Crippen LogP contribution is 2.33. The van der Waals surface area contributed by atoms with Crippen LogP contribution in [0.4, 0.5) is 5.69 Å². The zero-order valence-corrected chi connectivity index (χ0v) is 16.3. The van der Waals surface area contributed by atoms with Crippen molar-refractivity contribution in [3.8, 4) is 0 Å². The number of amides is 2. The number of carbonyl (C=O) groups excluding carboxylic acids is 2. The average Bonchev–Trinajstić information content (AvgIpc) is 2.81. The first kappa shape index (κ1) is 19.2. The summed E-state index contributed by atoms with van der Waals surface area (Å²) in [7, 11) is -3.58. The first-order chi connectivity index (χ1) is 12.4. The van der Waals surface area contributed by atoms with E-state index in [1.54, 1.807) is 12.1 Å². The number of carbonyl (C=O) groups is 2. The molecule has 142 valence electrons. The molecule has 1 aliphatic heterocycles. The molecule has 0 aromatic heterocycles. The van der Waals surface area contributed by atoms with E-state index in [1.807, 2.05) is 0 Å².